The van der Waals surface area contributed by atoms with Gasteiger partial charge in [0.05, 0.1) is 5.56 Å². The number of phenolic OH excluding ortho intramolecular Hbond substituents is 2. The summed E-state index contributed by atoms with van der Waals surface area (Å²) in [6.07, 6.45) is 0. The van der Waals surface area contributed by atoms with Crippen molar-refractivity contribution < 1.29 is 29.3 Å². The van der Waals surface area contributed by atoms with E-state index in [-0.39, 0.29) is 23.2 Å². The van der Waals surface area contributed by atoms with Gasteiger partial charge < -0.3 is 19.7 Å². The Bertz CT molecular complexity index is 1140. The Labute approximate surface area is 179 Å². The summed E-state index contributed by atoms with van der Waals surface area (Å²) in [6.45, 7) is 5.38. The Kier molecular flexibility index (Phi) is 4.93. The molecule has 6 heteroatoms. The first-order chi connectivity index (χ1) is 14.7. The molecule has 2 N–H and O–H groups in total. The number of hydrogen-bond donors (Lipinski definition) is 2. The molecular formula is C25H22O6. The van der Waals surface area contributed by atoms with E-state index in [2.05, 4.69) is 0 Å². The number of ketones is 1. The zero-order chi connectivity index (χ0) is 22.3. The Morgan fingerprint density at radius 1 is 0.871 bits per heavy atom. The molecule has 0 bridgehead atoms. The Balaban J connectivity index is 0.000000342. The molecule has 0 unspecified atom stereocenters. The molecule has 0 atom stereocenters. The van der Waals surface area contributed by atoms with Crippen LogP contribution in [0.4, 0.5) is 0 Å². The highest BCUT2D eigenvalue weighted by Crippen LogP contribution is 2.56. The first-order valence-corrected chi connectivity index (χ1v) is 9.92. The molecule has 0 fully saturated rings. The van der Waals surface area contributed by atoms with Crippen LogP contribution in [0.5, 0.6) is 23.0 Å². The molecule has 2 aliphatic rings. The number of Topliss-reactive ketones (excluding diaryl/α,β-unsaturated/α-hetero) is 1. The summed E-state index contributed by atoms with van der Waals surface area (Å²) < 4.78 is 11.8. The van der Waals surface area contributed by atoms with Crippen LogP contribution in [0.25, 0.3) is 0 Å². The third-order valence-electron chi connectivity index (χ3n) is 5.49. The van der Waals surface area contributed by atoms with E-state index in [4.69, 9.17) is 9.47 Å². The van der Waals surface area contributed by atoms with Gasteiger partial charge in [-0.15, -0.1) is 0 Å². The van der Waals surface area contributed by atoms with Gasteiger partial charge in [-0.2, -0.15) is 0 Å². The summed E-state index contributed by atoms with van der Waals surface area (Å²) in [7, 11) is 0. The second kappa shape index (κ2) is 7.47. The zero-order valence-corrected chi connectivity index (χ0v) is 17.4. The van der Waals surface area contributed by atoms with Crippen molar-refractivity contribution in [2.24, 2.45) is 5.92 Å². The summed E-state index contributed by atoms with van der Waals surface area (Å²) in [5.74, 6) is 0.881. The van der Waals surface area contributed by atoms with Crippen molar-refractivity contribution in [3.63, 3.8) is 0 Å². The maximum atomic E-state index is 12.5. The lowest BCUT2D eigenvalue weighted by Gasteiger charge is -2.36. The van der Waals surface area contributed by atoms with E-state index in [1.165, 1.54) is 24.3 Å². The maximum absolute atomic E-state index is 12.5. The predicted molar refractivity (Wildman–Crippen MR) is 114 cm³/mol. The fourth-order valence-electron chi connectivity index (χ4n) is 3.65. The predicted octanol–water partition coefficient (Wildman–Crippen LogP) is 4.90. The quantitative estimate of drug-likeness (QED) is 0.546. The number of fused-ring (bicyclic) bond motifs is 6. The van der Waals surface area contributed by atoms with E-state index < -0.39 is 11.6 Å². The van der Waals surface area contributed by atoms with E-state index in [0.717, 1.165) is 0 Å². The monoisotopic (exact) mass is 418 g/mol. The van der Waals surface area contributed by atoms with Crippen molar-refractivity contribution in [3.05, 3.63) is 82.9 Å². The highest BCUT2D eigenvalue weighted by atomic mass is 16.6. The summed E-state index contributed by atoms with van der Waals surface area (Å²) in [5.41, 5.74) is 1.28. The average molecular weight is 418 g/mol. The molecule has 0 aromatic heterocycles. The molecule has 158 valence electrons. The van der Waals surface area contributed by atoms with Gasteiger partial charge in [-0.25, -0.2) is 4.79 Å². The largest absolute Gasteiger partial charge is 0.508 e. The fourth-order valence-corrected chi connectivity index (χ4v) is 3.65. The minimum atomic E-state index is -1.17. The van der Waals surface area contributed by atoms with Gasteiger partial charge in [-0.3, -0.25) is 4.79 Å². The molecule has 0 amide bonds. The van der Waals surface area contributed by atoms with E-state index in [1.54, 1.807) is 31.2 Å². The molecule has 0 saturated heterocycles. The molecule has 1 spiro atoms. The minimum Gasteiger partial charge on any atom is -0.508 e. The van der Waals surface area contributed by atoms with Crippen LogP contribution < -0.4 is 4.74 Å². The van der Waals surface area contributed by atoms with Crippen LogP contribution in [0, 0.1) is 5.92 Å². The molecule has 5 rings (SSSR count). The van der Waals surface area contributed by atoms with Crippen molar-refractivity contribution in [1.29, 1.82) is 0 Å². The lowest BCUT2D eigenvalue weighted by Crippen LogP contribution is -2.32. The highest BCUT2D eigenvalue weighted by molar-refractivity contribution is 5.97. The van der Waals surface area contributed by atoms with Crippen LogP contribution >= 0.6 is 0 Å². The van der Waals surface area contributed by atoms with Gasteiger partial charge >= 0.3 is 5.97 Å². The first kappa shape index (κ1) is 20.5. The lowest BCUT2D eigenvalue weighted by molar-refractivity contribution is -0.119. The molecule has 31 heavy (non-hydrogen) atoms. The highest BCUT2D eigenvalue weighted by Gasteiger charge is 2.53. The van der Waals surface area contributed by atoms with Crippen LogP contribution in [0.1, 0.15) is 47.8 Å². The van der Waals surface area contributed by atoms with Gasteiger partial charge in [-0.1, -0.05) is 32.0 Å². The smallest absolute Gasteiger partial charge is 0.340 e. The van der Waals surface area contributed by atoms with Gasteiger partial charge in [0.1, 0.15) is 28.8 Å². The van der Waals surface area contributed by atoms with Crippen molar-refractivity contribution in [2.75, 3.05) is 0 Å². The van der Waals surface area contributed by atoms with Crippen molar-refractivity contribution in [1.82, 2.24) is 0 Å². The number of hydrogen-bond acceptors (Lipinski definition) is 6. The summed E-state index contributed by atoms with van der Waals surface area (Å²) in [6, 6.07) is 16.6. The molecule has 2 heterocycles. The number of aromatic hydroxyl groups is 2. The zero-order valence-electron chi connectivity index (χ0n) is 17.4. The normalized spacial score (nSPS) is 14.5. The van der Waals surface area contributed by atoms with Gasteiger partial charge in [0.15, 0.2) is 5.60 Å². The van der Waals surface area contributed by atoms with Gasteiger partial charge in [0, 0.05) is 34.7 Å². The summed E-state index contributed by atoms with van der Waals surface area (Å²) in [5, 5.41) is 19.7. The number of esters is 1. The SMILES string of the molecule is CC(=O)C(C)C.O=C1OC2(c3ccc(O)cc3Oc3cc(O)ccc32)c2ccccc21. The fraction of sp³-hybridized carbons (Fsp3) is 0.200. The third-order valence-corrected chi connectivity index (χ3v) is 5.49. The number of rotatable bonds is 1. The third kappa shape index (κ3) is 3.30. The number of ether oxygens (including phenoxy) is 2. The molecule has 2 aliphatic heterocycles. The van der Waals surface area contributed by atoms with Crippen molar-refractivity contribution in [3.8, 4) is 23.0 Å². The number of carbonyl (C=O) groups is 2. The molecule has 0 radical (unpaired) electrons. The number of phenols is 2. The first-order valence-electron chi connectivity index (χ1n) is 9.92. The van der Waals surface area contributed by atoms with Crippen molar-refractivity contribution in [2.45, 2.75) is 26.4 Å². The second-order valence-electron chi connectivity index (χ2n) is 7.84. The van der Waals surface area contributed by atoms with Crippen LogP contribution in [0.3, 0.4) is 0 Å². The Morgan fingerprint density at radius 2 is 1.39 bits per heavy atom. The van der Waals surface area contributed by atoms with E-state index in [0.29, 0.717) is 33.8 Å². The summed E-state index contributed by atoms with van der Waals surface area (Å²) in [4.78, 5) is 22.7. The van der Waals surface area contributed by atoms with Gasteiger partial charge in [0.2, 0.25) is 0 Å². The Morgan fingerprint density at radius 3 is 1.90 bits per heavy atom. The molecule has 0 saturated carbocycles. The maximum Gasteiger partial charge on any atom is 0.340 e. The van der Waals surface area contributed by atoms with E-state index in [9.17, 15) is 19.8 Å². The number of carbonyl (C=O) groups excluding carboxylic acids is 2. The standard InChI is InChI=1S/C20H12O5.C5H10O/c21-11-5-7-15-17(9-11)24-18-10-12(22)6-8-16(18)20(15)14-4-2-1-3-13(14)19(23)25-20;1-4(2)5(3)6/h1-10,21-22H;4H,1-3H3. The van der Waals surface area contributed by atoms with E-state index in [1.807, 2.05) is 26.0 Å². The van der Waals surface area contributed by atoms with Crippen LogP contribution in [0.15, 0.2) is 60.7 Å². The average Bonchev–Trinajstić information content (AvgIpc) is 3.01. The summed E-state index contributed by atoms with van der Waals surface area (Å²) >= 11 is 0. The molecule has 3 aromatic rings. The van der Waals surface area contributed by atoms with Crippen LogP contribution in [-0.2, 0) is 15.1 Å². The molecule has 0 aliphatic carbocycles. The minimum absolute atomic E-state index is 0.0371. The topological polar surface area (TPSA) is 93.1 Å². The molecule has 3 aromatic carbocycles. The second-order valence-corrected chi connectivity index (χ2v) is 7.84. The van der Waals surface area contributed by atoms with Crippen molar-refractivity contribution >= 4 is 11.8 Å². The van der Waals surface area contributed by atoms with Gasteiger partial charge in [0.25, 0.3) is 0 Å². The van der Waals surface area contributed by atoms with Crippen LogP contribution in [-0.4, -0.2) is 22.0 Å². The van der Waals surface area contributed by atoms with E-state index >= 15 is 0 Å². The lowest BCUT2D eigenvalue weighted by atomic mass is 9.77. The molecule has 6 nitrogen and oxygen atoms in total. The Hall–Kier alpha value is -3.80. The number of benzene rings is 3. The molecular weight excluding hydrogens is 396 g/mol. The van der Waals surface area contributed by atoms with Crippen LogP contribution in [0.2, 0.25) is 0 Å². The van der Waals surface area contributed by atoms with Gasteiger partial charge in [-0.05, 0) is 37.3 Å².